The first-order valence-corrected chi connectivity index (χ1v) is 10.5. The molecule has 2 saturated heterocycles. The minimum Gasteiger partial charge on any atom is -0.357 e. The molecule has 0 aromatic carbocycles. The Hall–Kier alpha value is -0.0800. The molecule has 154 valence electrons. The maximum absolute atomic E-state index is 5.04. The van der Waals surface area contributed by atoms with Crippen molar-refractivity contribution in [2.45, 2.75) is 64.8 Å². The average molecular weight is 479 g/mol. The highest BCUT2D eigenvalue weighted by Gasteiger charge is 2.39. The van der Waals surface area contributed by atoms with E-state index in [1.54, 1.807) is 0 Å². The van der Waals surface area contributed by atoms with E-state index < -0.39 is 0 Å². The average Bonchev–Trinajstić information content (AvgIpc) is 2.62. The number of rotatable bonds is 7. The van der Waals surface area contributed by atoms with Gasteiger partial charge in [-0.15, -0.1) is 24.0 Å². The second-order valence-corrected chi connectivity index (χ2v) is 8.38. The van der Waals surface area contributed by atoms with E-state index in [2.05, 4.69) is 48.3 Å². The Balaban J connectivity index is 0.00000338. The number of guanidine groups is 1. The normalized spacial score (nSPS) is 22.1. The van der Waals surface area contributed by atoms with Gasteiger partial charge in [0.1, 0.15) is 0 Å². The highest BCUT2D eigenvalue weighted by atomic mass is 127. The molecule has 6 heteroatoms. The zero-order chi connectivity index (χ0) is 18.1. The highest BCUT2D eigenvalue weighted by molar-refractivity contribution is 14.0. The third-order valence-corrected chi connectivity index (χ3v) is 5.83. The van der Waals surface area contributed by atoms with Crippen molar-refractivity contribution in [2.75, 3.05) is 52.9 Å². The van der Waals surface area contributed by atoms with Crippen LogP contribution >= 0.6 is 24.0 Å². The third kappa shape index (κ3) is 7.50. The SMILES string of the molecule is CCNC(=NCC1(N2CCCCC2)CCN(C)CC1)NCCC(C)C.I. The fourth-order valence-corrected chi connectivity index (χ4v) is 4.02. The van der Waals surface area contributed by atoms with E-state index in [1.165, 1.54) is 64.7 Å². The summed E-state index contributed by atoms with van der Waals surface area (Å²) in [4.78, 5) is 10.3. The van der Waals surface area contributed by atoms with Crippen LogP contribution in [0, 0.1) is 5.92 Å². The third-order valence-electron chi connectivity index (χ3n) is 5.83. The predicted molar refractivity (Wildman–Crippen MR) is 124 cm³/mol. The fourth-order valence-electron chi connectivity index (χ4n) is 4.02. The summed E-state index contributed by atoms with van der Waals surface area (Å²) in [6, 6.07) is 0. The molecule has 0 bridgehead atoms. The van der Waals surface area contributed by atoms with Gasteiger partial charge in [-0.25, -0.2) is 0 Å². The summed E-state index contributed by atoms with van der Waals surface area (Å²) in [5, 5.41) is 6.97. The molecule has 0 spiro atoms. The summed E-state index contributed by atoms with van der Waals surface area (Å²) < 4.78 is 0. The summed E-state index contributed by atoms with van der Waals surface area (Å²) in [6.45, 7) is 14.5. The molecule has 0 saturated carbocycles. The number of piperidine rings is 2. The van der Waals surface area contributed by atoms with E-state index in [1.807, 2.05) is 0 Å². The van der Waals surface area contributed by atoms with Crippen LogP contribution in [0.4, 0.5) is 0 Å². The number of nitrogens with one attached hydrogen (secondary N) is 2. The molecule has 0 aromatic heterocycles. The van der Waals surface area contributed by atoms with Gasteiger partial charge in [0, 0.05) is 18.6 Å². The first-order valence-electron chi connectivity index (χ1n) is 10.5. The molecular formula is C20H42IN5. The van der Waals surface area contributed by atoms with Crippen molar-refractivity contribution in [3.8, 4) is 0 Å². The van der Waals surface area contributed by atoms with Crippen LogP contribution in [0.3, 0.4) is 0 Å². The lowest BCUT2D eigenvalue weighted by Gasteiger charge is -2.49. The van der Waals surface area contributed by atoms with Gasteiger partial charge in [-0.05, 0) is 78.2 Å². The number of hydrogen-bond donors (Lipinski definition) is 2. The van der Waals surface area contributed by atoms with Crippen LogP contribution in [-0.2, 0) is 0 Å². The molecule has 2 heterocycles. The molecule has 0 unspecified atom stereocenters. The number of hydrogen-bond acceptors (Lipinski definition) is 3. The lowest BCUT2D eigenvalue weighted by atomic mass is 9.84. The Kier molecular flexibility index (Phi) is 11.4. The van der Waals surface area contributed by atoms with Crippen LogP contribution in [0.25, 0.3) is 0 Å². The van der Waals surface area contributed by atoms with Gasteiger partial charge >= 0.3 is 0 Å². The van der Waals surface area contributed by atoms with Gasteiger partial charge < -0.3 is 15.5 Å². The summed E-state index contributed by atoms with van der Waals surface area (Å²) in [5.74, 6) is 1.72. The van der Waals surface area contributed by atoms with Crippen LogP contribution in [0.5, 0.6) is 0 Å². The standard InChI is InChI=1S/C20H41N5.HI/c1-5-21-19(22-12-9-18(2)3)23-17-20(10-15-24(4)16-11-20)25-13-7-6-8-14-25;/h18H,5-17H2,1-4H3,(H2,21,22,23);1H. The lowest BCUT2D eigenvalue weighted by Crippen LogP contribution is -2.58. The number of nitrogens with zero attached hydrogens (tertiary/aromatic N) is 3. The molecule has 0 atom stereocenters. The van der Waals surface area contributed by atoms with E-state index in [0.29, 0.717) is 0 Å². The van der Waals surface area contributed by atoms with Crippen LogP contribution in [-0.4, -0.2) is 74.2 Å². The predicted octanol–water partition coefficient (Wildman–Crippen LogP) is 3.16. The van der Waals surface area contributed by atoms with Crippen molar-refractivity contribution in [2.24, 2.45) is 10.9 Å². The molecule has 2 aliphatic rings. The largest absolute Gasteiger partial charge is 0.357 e. The lowest BCUT2D eigenvalue weighted by molar-refractivity contribution is 0.0208. The van der Waals surface area contributed by atoms with Crippen LogP contribution in [0.15, 0.2) is 4.99 Å². The maximum atomic E-state index is 5.04. The van der Waals surface area contributed by atoms with Gasteiger partial charge in [0.05, 0.1) is 6.54 Å². The van der Waals surface area contributed by atoms with Crippen LogP contribution in [0.2, 0.25) is 0 Å². The Bertz CT molecular complexity index is 399. The molecule has 26 heavy (non-hydrogen) atoms. The molecular weight excluding hydrogens is 437 g/mol. The molecule has 2 aliphatic heterocycles. The van der Waals surface area contributed by atoms with E-state index >= 15 is 0 Å². The van der Waals surface area contributed by atoms with Crippen LogP contribution in [0.1, 0.15) is 59.3 Å². The van der Waals surface area contributed by atoms with Gasteiger partial charge in [-0.2, -0.15) is 0 Å². The minimum atomic E-state index is 0. The van der Waals surface area contributed by atoms with Gasteiger partial charge in [0.15, 0.2) is 5.96 Å². The monoisotopic (exact) mass is 479 g/mol. The van der Waals surface area contributed by atoms with E-state index in [-0.39, 0.29) is 29.5 Å². The zero-order valence-electron chi connectivity index (χ0n) is 17.5. The second kappa shape index (κ2) is 12.4. The minimum absolute atomic E-state index is 0. The van der Waals surface area contributed by atoms with Crippen molar-refractivity contribution in [1.29, 1.82) is 0 Å². The van der Waals surface area contributed by atoms with Crippen molar-refractivity contribution in [3.05, 3.63) is 0 Å². The highest BCUT2D eigenvalue weighted by Crippen LogP contribution is 2.31. The van der Waals surface area contributed by atoms with Crippen molar-refractivity contribution in [3.63, 3.8) is 0 Å². The molecule has 2 fully saturated rings. The van der Waals surface area contributed by atoms with E-state index in [4.69, 9.17) is 4.99 Å². The van der Waals surface area contributed by atoms with Crippen molar-refractivity contribution in [1.82, 2.24) is 20.4 Å². The van der Waals surface area contributed by atoms with Gasteiger partial charge in [0.25, 0.3) is 0 Å². The van der Waals surface area contributed by atoms with Gasteiger partial charge in [-0.1, -0.05) is 20.3 Å². The van der Waals surface area contributed by atoms with Crippen molar-refractivity contribution >= 4 is 29.9 Å². The Morgan fingerprint density at radius 3 is 2.27 bits per heavy atom. The smallest absolute Gasteiger partial charge is 0.191 e. The first kappa shape index (κ1) is 24.0. The van der Waals surface area contributed by atoms with E-state index in [9.17, 15) is 0 Å². The first-order chi connectivity index (χ1) is 12.1. The Morgan fingerprint density at radius 2 is 1.69 bits per heavy atom. The fraction of sp³-hybridized carbons (Fsp3) is 0.950. The summed E-state index contributed by atoms with van der Waals surface area (Å²) in [5.41, 5.74) is 0.271. The van der Waals surface area contributed by atoms with Gasteiger partial charge in [0.2, 0.25) is 0 Å². The zero-order valence-corrected chi connectivity index (χ0v) is 19.8. The van der Waals surface area contributed by atoms with Gasteiger partial charge in [-0.3, -0.25) is 9.89 Å². The topological polar surface area (TPSA) is 42.9 Å². The summed E-state index contributed by atoms with van der Waals surface area (Å²) >= 11 is 0. The van der Waals surface area contributed by atoms with Crippen LogP contribution < -0.4 is 10.6 Å². The molecule has 5 nitrogen and oxygen atoms in total. The van der Waals surface area contributed by atoms with E-state index in [0.717, 1.165) is 31.5 Å². The molecule has 0 aromatic rings. The summed E-state index contributed by atoms with van der Waals surface area (Å²) in [6.07, 6.45) is 7.79. The number of halogens is 1. The summed E-state index contributed by atoms with van der Waals surface area (Å²) in [7, 11) is 2.25. The Labute approximate surface area is 178 Å². The number of aliphatic imine (C=N–C) groups is 1. The molecule has 2 N–H and O–H groups in total. The van der Waals surface area contributed by atoms with Crippen molar-refractivity contribution < 1.29 is 0 Å². The number of likely N-dealkylation sites (tertiary alicyclic amines) is 2. The quantitative estimate of drug-likeness (QED) is 0.335. The molecule has 0 amide bonds. The maximum Gasteiger partial charge on any atom is 0.191 e. The Morgan fingerprint density at radius 1 is 1.04 bits per heavy atom. The molecule has 2 rings (SSSR count). The molecule has 0 radical (unpaired) electrons. The molecule has 0 aliphatic carbocycles. The second-order valence-electron chi connectivity index (χ2n) is 8.38.